The van der Waals surface area contributed by atoms with Crippen molar-refractivity contribution in [3.8, 4) is 0 Å². The lowest BCUT2D eigenvalue weighted by molar-refractivity contribution is 0.0953. The van der Waals surface area contributed by atoms with Gasteiger partial charge in [0, 0.05) is 19.3 Å². The Morgan fingerprint density at radius 2 is 2.13 bits per heavy atom. The van der Waals surface area contributed by atoms with Crippen LogP contribution in [-0.4, -0.2) is 24.0 Å². The molecule has 0 atom stereocenters. The van der Waals surface area contributed by atoms with Crippen molar-refractivity contribution < 1.29 is 4.79 Å². The van der Waals surface area contributed by atoms with Crippen molar-refractivity contribution in [2.45, 2.75) is 52.4 Å². The number of carbonyl (C=O) groups excluding carboxylic acids is 1. The van der Waals surface area contributed by atoms with Crippen LogP contribution in [0.4, 0.5) is 5.82 Å². The molecule has 1 aromatic rings. The zero-order chi connectivity index (χ0) is 16.5. The number of hydrogen-bond acceptors (Lipinski definition) is 3. The number of anilines is 1. The minimum Gasteiger partial charge on any atom is -0.370 e. The fourth-order valence-corrected chi connectivity index (χ4v) is 2.69. The zero-order valence-electron chi connectivity index (χ0n) is 14.4. The minimum absolute atomic E-state index is 0.0392. The van der Waals surface area contributed by atoms with Crippen LogP contribution in [0, 0.1) is 5.92 Å². The molecule has 23 heavy (non-hydrogen) atoms. The van der Waals surface area contributed by atoms with Crippen molar-refractivity contribution in [2.24, 2.45) is 5.92 Å². The monoisotopic (exact) mass is 315 g/mol. The molecule has 2 rings (SSSR count). The van der Waals surface area contributed by atoms with Crippen LogP contribution < -0.4 is 10.6 Å². The molecule has 0 saturated carbocycles. The second kappa shape index (κ2) is 9.33. The first-order valence-electron chi connectivity index (χ1n) is 8.81. The quantitative estimate of drug-likeness (QED) is 0.708. The Hall–Kier alpha value is -1.84. The van der Waals surface area contributed by atoms with E-state index in [1.807, 2.05) is 12.1 Å². The molecule has 126 valence electrons. The van der Waals surface area contributed by atoms with Crippen molar-refractivity contribution in [3.05, 3.63) is 35.5 Å². The van der Waals surface area contributed by atoms with E-state index in [2.05, 4.69) is 35.5 Å². The van der Waals surface area contributed by atoms with E-state index in [9.17, 15) is 4.79 Å². The van der Waals surface area contributed by atoms with Crippen LogP contribution in [0.5, 0.6) is 0 Å². The van der Waals surface area contributed by atoms with Crippen molar-refractivity contribution >= 4 is 11.7 Å². The second-order valence-electron chi connectivity index (χ2n) is 6.66. The van der Waals surface area contributed by atoms with Crippen molar-refractivity contribution in [1.29, 1.82) is 0 Å². The molecule has 0 unspecified atom stereocenters. The topological polar surface area (TPSA) is 54.0 Å². The largest absolute Gasteiger partial charge is 0.370 e. The number of pyridine rings is 1. The number of hydrogen-bond donors (Lipinski definition) is 2. The smallest absolute Gasteiger partial charge is 0.252 e. The normalized spacial score (nSPS) is 14.5. The standard InChI is InChI=1S/C19H29N3O/c1-15(2)10-12-20-18-9-8-17(14-22-18)19(23)21-13-11-16-6-4-3-5-7-16/h6,8-9,14-15H,3-5,7,10-13H2,1-2H3,(H,20,22)(H,21,23). The van der Waals surface area contributed by atoms with E-state index in [-0.39, 0.29) is 5.91 Å². The lowest BCUT2D eigenvalue weighted by Crippen LogP contribution is -2.25. The van der Waals surface area contributed by atoms with E-state index in [0.29, 0.717) is 18.0 Å². The summed E-state index contributed by atoms with van der Waals surface area (Å²) < 4.78 is 0. The average Bonchev–Trinajstić information content (AvgIpc) is 2.56. The second-order valence-corrected chi connectivity index (χ2v) is 6.66. The van der Waals surface area contributed by atoms with Gasteiger partial charge in [-0.3, -0.25) is 4.79 Å². The molecule has 1 aliphatic carbocycles. The first-order valence-corrected chi connectivity index (χ1v) is 8.81. The molecular formula is C19H29N3O. The third-order valence-corrected chi connectivity index (χ3v) is 4.17. The Kier molecular flexibility index (Phi) is 7.11. The van der Waals surface area contributed by atoms with Gasteiger partial charge in [-0.2, -0.15) is 0 Å². The summed E-state index contributed by atoms with van der Waals surface area (Å²) in [5, 5.41) is 6.26. The van der Waals surface area contributed by atoms with E-state index in [0.717, 1.165) is 25.2 Å². The van der Waals surface area contributed by atoms with E-state index >= 15 is 0 Å². The Balaban J connectivity index is 1.72. The predicted octanol–water partition coefficient (Wildman–Crippen LogP) is 4.16. The van der Waals surface area contributed by atoms with Gasteiger partial charge in [-0.1, -0.05) is 25.5 Å². The Bertz CT molecular complexity index is 520. The van der Waals surface area contributed by atoms with Crippen LogP contribution in [0.15, 0.2) is 30.0 Å². The Morgan fingerprint density at radius 1 is 1.26 bits per heavy atom. The van der Waals surface area contributed by atoms with E-state index in [1.54, 1.807) is 6.20 Å². The number of allylic oxidation sites excluding steroid dienone is 1. The van der Waals surface area contributed by atoms with Crippen molar-refractivity contribution in [3.63, 3.8) is 0 Å². The minimum atomic E-state index is -0.0392. The van der Waals surface area contributed by atoms with Crippen LogP contribution in [0.2, 0.25) is 0 Å². The maximum Gasteiger partial charge on any atom is 0.252 e. The third-order valence-electron chi connectivity index (χ3n) is 4.17. The van der Waals surface area contributed by atoms with Gasteiger partial charge in [0.2, 0.25) is 0 Å². The van der Waals surface area contributed by atoms with E-state index in [4.69, 9.17) is 0 Å². The van der Waals surface area contributed by atoms with Gasteiger partial charge < -0.3 is 10.6 Å². The van der Waals surface area contributed by atoms with Gasteiger partial charge in [0.25, 0.3) is 5.91 Å². The van der Waals surface area contributed by atoms with Crippen LogP contribution in [0.3, 0.4) is 0 Å². The highest BCUT2D eigenvalue weighted by Crippen LogP contribution is 2.19. The number of aromatic nitrogens is 1. The summed E-state index contributed by atoms with van der Waals surface area (Å²) in [6.07, 6.45) is 11.0. The molecule has 0 saturated heterocycles. The molecule has 1 heterocycles. The Morgan fingerprint density at radius 3 is 2.78 bits per heavy atom. The molecule has 1 amide bonds. The highest BCUT2D eigenvalue weighted by molar-refractivity contribution is 5.94. The zero-order valence-corrected chi connectivity index (χ0v) is 14.4. The maximum atomic E-state index is 12.1. The van der Waals surface area contributed by atoms with Gasteiger partial charge in [0.05, 0.1) is 5.56 Å². The number of rotatable bonds is 8. The van der Waals surface area contributed by atoms with Gasteiger partial charge in [0.1, 0.15) is 5.82 Å². The number of carbonyl (C=O) groups is 1. The molecule has 0 bridgehead atoms. The number of amides is 1. The molecule has 1 aromatic heterocycles. The fraction of sp³-hybridized carbons (Fsp3) is 0.579. The summed E-state index contributed by atoms with van der Waals surface area (Å²) in [4.78, 5) is 16.4. The molecular weight excluding hydrogens is 286 g/mol. The highest BCUT2D eigenvalue weighted by atomic mass is 16.1. The summed E-state index contributed by atoms with van der Waals surface area (Å²) >= 11 is 0. The molecule has 4 nitrogen and oxygen atoms in total. The molecule has 0 aliphatic heterocycles. The fourth-order valence-electron chi connectivity index (χ4n) is 2.69. The predicted molar refractivity (Wildman–Crippen MR) is 95.7 cm³/mol. The molecule has 0 aromatic carbocycles. The first-order chi connectivity index (χ1) is 11.1. The lowest BCUT2D eigenvalue weighted by atomic mass is 9.97. The van der Waals surface area contributed by atoms with Crippen molar-refractivity contribution in [1.82, 2.24) is 10.3 Å². The van der Waals surface area contributed by atoms with Gasteiger partial charge in [-0.25, -0.2) is 4.98 Å². The van der Waals surface area contributed by atoms with Gasteiger partial charge in [0.15, 0.2) is 0 Å². The molecule has 0 fully saturated rings. The van der Waals surface area contributed by atoms with Gasteiger partial charge in [-0.05, 0) is 56.6 Å². The van der Waals surface area contributed by atoms with Gasteiger partial charge >= 0.3 is 0 Å². The summed E-state index contributed by atoms with van der Waals surface area (Å²) in [6, 6.07) is 3.71. The molecule has 0 radical (unpaired) electrons. The SMILES string of the molecule is CC(C)CCNc1ccc(C(=O)NCCC2=CCCCC2)cn1. The number of nitrogens with zero attached hydrogens (tertiary/aromatic N) is 1. The first kappa shape index (κ1) is 17.5. The van der Waals surface area contributed by atoms with Gasteiger partial charge in [-0.15, -0.1) is 0 Å². The maximum absolute atomic E-state index is 12.1. The van der Waals surface area contributed by atoms with Crippen LogP contribution in [-0.2, 0) is 0 Å². The van der Waals surface area contributed by atoms with E-state index < -0.39 is 0 Å². The molecule has 2 N–H and O–H groups in total. The summed E-state index contributed by atoms with van der Waals surface area (Å²) in [6.45, 7) is 6.02. The summed E-state index contributed by atoms with van der Waals surface area (Å²) in [7, 11) is 0. The average molecular weight is 315 g/mol. The van der Waals surface area contributed by atoms with E-state index in [1.165, 1.54) is 31.3 Å². The lowest BCUT2D eigenvalue weighted by Gasteiger charge is -2.13. The Labute approximate surface area is 139 Å². The molecule has 0 spiro atoms. The summed E-state index contributed by atoms with van der Waals surface area (Å²) in [5.74, 6) is 1.46. The third kappa shape index (κ3) is 6.43. The molecule has 4 heteroatoms. The summed E-state index contributed by atoms with van der Waals surface area (Å²) in [5.41, 5.74) is 2.11. The van der Waals surface area contributed by atoms with Crippen molar-refractivity contribution in [2.75, 3.05) is 18.4 Å². The molecule has 1 aliphatic rings. The van der Waals surface area contributed by atoms with Crippen LogP contribution in [0.25, 0.3) is 0 Å². The number of nitrogens with one attached hydrogen (secondary N) is 2. The van der Waals surface area contributed by atoms with Crippen LogP contribution in [0.1, 0.15) is 62.7 Å². The van der Waals surface area contributed by atoms with Crippen LogP contribution >= 0.6 is 0 Å². The highest BCUT2D eigenvalue weighted by Gasteiger charge is 2.07.